The molecule has 0 fully saturated rings. The lowest BCUT2D eigenvalue weighted by molar-refractivity contribution is 0.0743. The standard InChI is InChI=1S/C17H14ClNO4/c18-12-2-4-14-13(8-12)17(20)19(5-6-21-14)9-11-1-3-15-16(7-11)23-10-22-15/h1-4,7-8H,5-6,9-10H2. The first kappa shape index (κ1) is 14.2. The number of nitrogens with zero attached hydrogens (tertiary/aromatic N) is 1. The Morgan fingerprint density at radius 2 is 1.83 bits per heavy atom. The minimum atomic E-state index is -0.0855. The molecular formula is C17H14ClNO4. The van der Waals surface area contributed by atoms with Crippen molar-refractivity contribution in [2.45, 2.75) is 6.54 Å². The maximum absolute atomic E-state index is 12.8. The second-order valence-corrected chi connectivity index (χ2v) is 5.84. The average Bonchev–Trinajstić information content (AvgIpc) is 2.96. The van der Waals surface area contributed by atoms with Gasteiger partial charge in [0.05, 0.1) is 12.1 Å². The van der Waals surface area contributed by atoms with Gasteiger partial charge in [-0.1, -0.05) is 17.7 Å². The third-order valence-electron chi connectivity index (χ3n) is 3.89. The van der Waals surface area contributed by atoms with Gasteiger partial charge in [-0.2, -0.15) is 0 Å². The van der Waals surface area contributed by atoms with E-state index in [0.29, 0.717) is 41.8 Å². The highest BCUT2D eigenvalue weighted by Gasteiger charge is 2.24. The minimum Gasteiger partial charge on any atom is -0.491 e. The molecule has 2 aromatic rings. The molecule has 0 saturated carbocycles. The summed E-state index contributed by atoms with van der Waals surface area (Å²) in [4.78, 5) is 14.5. The van der Waals surface area contributed by atoms with Crippen LogP contribution in [-0.2, 0) is 6.54 Å². The Balaban J connectivity index is 1.60. The molecule has 118 valence electrons. The number of carbonyl (C=O) groups excluding carboxylic acids is 1. The van der Waals surface area contributed by atoms with E-state index >= 15 is 0 Å². The molecule has 0 atom stereocenters. The maximum Gasteiger partial charge on any atom is 0.258 e. The number of hydrogen-bond acceptors (Lipinski definition) is 4. The Bertz CT molecular complexity index is 777. The van der Waals surface area contributed by atoms with Gasteiger partial charge in [0.25, 0.3) is 5.91 Å². The molecule has 2 aromatic carbocycles. The molecule has 0 N–H and O–H groups in total. The van der Waals surface area contributed by atoms with Crippen LogP contribution >= 0.6 is 11.6 Å². The van der Waals surface area contributed by atoms with Crippen molar-refractivity contribution in [2.75, 3.05) is 19.9 Å². The van der Waals surface area contributed by atoms with Crippen molar-refractivity contribution in [3.63, 3.8) is 0 Å². The predicted octanol–water partition coefficient (Wildman–Crippen LogP) is 3.10. The largest absolute Gasteiger partial charge is 0.491 e. The minimum absolute atomic E-state index is 0.0855. The van der Waals surface area contributed by atoms with Crippen LogP contribution in [0, 0.1) is 0 Å². The molecular weight excluding hydrogens is 318 g/mol. The Hall–Kier alpha value is -2.40. The summed E-state index contributed by atoms with van der Waals surface area (Å²) in [5.41, 5.74) is 1.48. The first-order valence-corrected chi connectivity index (χ1v) is 7.69. The van der Waals surface area contributed by atoms with Gasteiger partial charge in [0, 0.05) is 11.6 Å². The zero-order valence-corrected chi connectivity index (χ0v) is 13.0. The topological polar surface area (TPSA) is 48.0 Å². The van der Waals surface area contributed by atoms with Gasteiger partial charge in [0.15, 0.2) is 11.5 Å². The quantitative estimate of drug-likeness (QED) is 0.848. The second-order valence-electron chi connectivity index (χ2n) is 5.40. The number of fused-ring (bicyclic) bond motifs is 2. The van der Waals surface area contributed by atoms with Crippen LogP contribution in [-0.4, -0.2) is 30.8 Å². The normalized spacial score (nSPS) is 15.9. The van der Waals surface area contributed by atoms with Gasteiger partial charge in [-0.25, -0.2) is 0 Å². The monoisotopic (exact) mass is 331 g/mol. The van der Waals surface area contributed by atoms with E-state index in [4.69, 9.17) is 25.8 Å². The van der Waals surface area contributed by atoms with Crippen LogP contribution in [0.25, 0.3) is 0 Å². The number of hydrogen-bond donors (Lipinski definition) is 0. The number of benzene rings is 2. The molecule has 2 aliphatic heterocycles. The zero-order valence-electron chi connectivity index (χ0n) is 12.3. The lowest BCUT2D eigenvalue weighted by atomic mass is 10.1. The summed E-state index contributed by atoms with van der Waals surface area (Å²) in [6.07, 6.45) is 0. The second kappa shape index (κ2) is 5.66. The summed E-state index contributed by atoms with van der Waals surface area (Å²) >= 11 is 6.01. The molecule has 0 unspecified atom stereocenters. The van der Waals surface area contributed by atoms with Gasteiger partial charge >= 0.3 is 0 Å². The molecule has 0 aliphatic carbocycles. The Morgan fingerprint density at radius 1 is 1.00 bits per heavy atom. The van der Waals surface area contributed by atoms with E-state index in [0.717, 1.165) is 11.3 Å². The molecule has 0 radical (unpaired) electrons. The fourth-order valence-corrected chi connectivity index (χ4v) is 2.92. The van der Waals surface area contributed by atoms with Crippen molar-refractivity contribution in [3.05, 3.63) is 52.5 Å². The molecule has 4 rings (SSSR count). The van der Waals surface area contributed by atoms with Gasteiger partial charge < -0.3 is 19.1 Å². The molecule has 0 spiro atoms. The average molecular weight is 332 g/mol. The molecule has 0 bridgehead atoms. The van der Waals surface area contributed by atoms with E-state index in [1.54, 1.807) is 23.1 Å². The number of halogens is 1. The first-order chi connectivity index (χ1) is 11.2. The van der Waals surface area contributed by atoms with E-state index in [2.05, 4.69) is 0 Å². The molecule has 2 aliphatic rings. The molecule has 23 heavy (non-hydrogen) atoms. The summed E-state index contributed by atoms with van der Waals surface area (Å²) in [6, 6.07) is 10.8. The summed E-state index contributed by atoms with van der Waals surface area (Å²) < 4.78 is 16.3. The lowest BCUT2D eigenvalue weighted by Gasteiger charge is -2.20. The van der Waals surface area contributed by atoms with Crippen LogP contribution in [0.15, 0.2) is 36.4 Å². The van der Waals surface area contributed by atoms with Crippen LogP contribution in [0.5, 0.6) is 17.2 Å². The summed E-state index contributed by atoms with van der Waals surface area (Å²) in [5.74, 6) is 1.94. The third-order valence-corrected chi connectivity index (χ3v) is 4.12. The lowest BCUT2D eigenvalue weighted by Crippen LogP contribution is -2.31. The molecule has 2 heterocycles. The van der Waals surface area contributed by atoms with Crippen LogP contribution < -0.4 is 14.2 Å². The number of amides is 1. The van der Waals surface area contributed by atoms with Crippen molar-refractivity contribution in [2.24, 2.45) is 0 Å². The first-order valence-electron chi connectivity index (χ1n) is 7.31. The smallest absolute Gasteiger partial charge is 0.258 e. The van der Waals surface area contributed by atoms with E-state index < -0.39 is 0 Å². The highest BCUT2D eigenvalue weighted by molar-refractivity contribution is 6.31. The highest BCUT2D eigenvalue weighted by atomic mass is 35.5. The maximum atomic E-state index is 12.8. The van der Waals surface area contributed by atoms with E-state index in [-0.39, 0.29) is 12.7 Å². The molecule has 1 amide bonds. The van der Waals surface area contributed by atoms with E-state index in [9.17, 15) is 4.79 Å². The van der Waals surface area contributed by atoms with Gasteiger partial charge in [0.1, 0.15) is 12.4 Å². The Labute approximate surface area is 138 Å². The van der Waals surface area contributed by atoms with Crippen molar-refractivity contribution < 1.29 is 19.0 Å². The Kier molecular flexibility index (Phi) is 3.50. The highest BCUT2D eigenvalue weighted by Crippen LogP contribution is 2.33. The van der Waals surface area contributed by atoms with Crippen molar-refractivity contribution in [1.82, 2.24) is 4.90 Å². The summed E-state index contributed by atoms with van der Waals surface area (Å²) in [6.45, 7) is 1.68. The third kappa shape index (κ3) is 2.68. The number of ether oxygens (including phenoxy) is 3. The van der Waals surface area contributed by atoms with Gasteiger partial charge in [-0.3, -0.25) is 4.79 Å². The fourth-order valence-electron chi connectivity index (χ4n) is 2.74. The van der Waals surface area contributed by atoms with E-state index in [1.165, 1.54) is 0 Å². The number of rotatable bonds is 2. The van der Waals surface area contributed by atoms with Gasteiger partial charge in [0.2, 0.25) is 6.79 Å². The molecule has 0 aromatic heterocycles. The van der Waals surface area contributed by atoms with Crippen LogP contribution in [0.4, 0.5) is 0 Å². The van der Waals surface area contributed by atoms with Crippen LogP contribution in [0.2, 0.25) is 5.02 Å². The van der Waals surface area contributed by atoms with Crippen LogP contribution in [0.3, 0.4) is 0 Å². The summed E-state index contributed by atoms with van der Waals surface area (Å²) in [7, 11) is 0. The predicted molar refractivity (Wildman–Crippen MR) is 84.3 cm³/mol. The molecule has 6 heteroatoms. The zero-order chi connectivity index (χ0) is 15.8. The van der Waals surface area contributed by atoms with Crippen LogP contribution in [0.1, 0.15) is 15.9 Å². The van der Waals surface area contributed by atoms with Gasteiger partial charge in [-0.05, 0) is 35.9 Å². The fraction of sp³-hybridized carbons (Fsp3) is 0.235. The molecule has 0 saturated heterocycles. The van der Waals surface area contributed by atoms with Crippen molar-refractivity contribution in [1.29, 1.82) is 0 Å². The number of carbonyl (C=O) groups is 1. The van der Waals surface area contributed by atoms with E-state index in [1.807, 2.05) is 18.2 Å². The molecule has 5 nitrogen and oxygen atoms in total. The van der Waals surface area contributed by atoms with Crippen molar-refractivity contribution >= 4 is 17.5 Å². The SMILES string of the molecule is O=C1c2cc(Cl)ccc2OCCN1Cc1ccc2c(c1)OCO2. The summed E-state index contributed by atoms with van der Waals surface area (Å²) in [5, 5.41) is 0.519. The van der Waals surface area contributed by atoms with Gasteiger partial charge in [-0.15, -0.1) is 0 Å². The Morgan fingerprint density at radius 3 is 2.74 bits per heavy atom. The van der Waals surface area contributed by atoms with Crippen molar-refractivity contribution in [3.8, 4) is 17.2 Å².